The van der Waals surface area contributed by atoms with Crippen molar-refractivity contribution in [3.63, 3.8) is 0 Å². The molecule has 1 amide bonds. The molecule has 0 radical (unpaired) electrons. The van der Waals surface area contributed by atoms with Gasteiger partial charge in [0, 0.05) is 32.7 Å². The Morgan fingerprint density at radius 3 is 2.88 bits per heavy atom. The summed E-state index contributed by atoms with van der Waals surface area (Å²) in [5.74, 6) is 2.65. The number of piperazine rings is 1. The van der Waals surface area contributed by atoms with Crippen molar-refractivity contribution in [1.29, 1.82) is 0 Å². The summed E-state index contributed by atoms with van der Waals surface area (Å²) >= 11 is 1.55. The maximum absolute atomic E-state index is 12.1. The quantitative estimate of drug-likeness (QED) is 0.831. The molecule has 9 heteroatoms. The van der Waals surface area contributed by atoms with Crippen LogP contribution in [-0.2, 0) is 10.5 Å². The van der Waals surface area contributed by atoms with Crippen LogP contribution in [0.1, 0.15) is 37.0 Å². The molecule has 0 saturated carbocycles. The Bertz CT molecular complexity index is 524. The van der Waals surface area contributed by atoms with Gasteiger partial charge in [0.1, 0.15) is 0 Å². The number of carbonyl (C=O) groups is 1. The number of thioether (sulfide) groups is 1. The third kappa shape index (κ3) is 5.08. The van der Waals surface area contributed by atoms with Gasteiger partial charge in [0.25, 0.3) is 0 Å². The van der Waals surface area contributed by atoms with E-state index in [2.05, 4.69) is 27.4 Å². The predicted molar refractivity (Wildman–Crippen MR) is 96.4 cm³/mol. The van der Waals surface area contributed by atoms with E-state index in [1.165, 1.54) is 6.42 Å². The van der Waals surface area contributed by atoms with Gasteiger partial charge in [-0.25, -0.2) is 0 Å². The number of aromatic nitrogens is 2. The van der Waals surface area contributed by atoms with Gasteiger partial charge < -0.3 is 14.7 Å². The molecule has 0 spiro atoms. The summed E-state index contributed by atoms with van der Waals surface area (Å²) < 4.78 is 5.33. The van der Waals surface area contributed by atoms with Crippen LogP contribution < -0.4 is 5.32 Å². The lowest BCUT2D eigenvalue weighted by Crippen LogP contribution is -2.44. The van der Waals surface area contributed by atoms with E-state index < -0.39 is 0 Å². The van der Waals surface area contributed by atoms with Crippen molar-refractivity contribution in [3.8, 4) is 0 Å². The molecule has 1 atom stereocenters. The van der Waals surface area contributed by atoms with Crippen LogP contribution in [-0.4, -0.2) is 71.4 Å². The molecule has 3 rings (SSSR count). The fourth-order valence-corrected chi connectivity index (χ4v) is 3.77. The molecule has 0 aromatic carbocycles. The van der Waals surface area contributed by atoms with Crippen LogP contribution in [0.4, 0.5) is 0 Å². The molecule has 2 fully saturated rings. The van der Waals surface area contributed by atoms with Gasteiger partial charge in [-0.1, -0.05) is 5.16 Å². The Kier molecular flexibility index (Phi) is 7.80. The van der Waals surface area contributed by atoms with Crippen molar-refractivity contribution in [1.82, 2.24) is 25.3 Å². The number of amides is 1. The van der Waals surface area contributed by atoms with Crippen LogP contribution in [0.5, 0.6) is 0 Å². The fourth-order valence-electron chi connectivity index (χ4n) is 3.02. The number of likely N-dealkylation sites (tertiary alicyclic amines) is 1. The zero-order valence-corrected chi connectivity index (χ0v) is 15.7. The van der Waals surface area contributed by atoms with Crippen molar-refractivity contribution in [2.45, 2.75) is 31.1 Å². The Hall–Kier alpha value is -0.830. The van der Waals surface area contributed by atoms with Crippen molar-refractivity contribution in [2.24, 2.45) is 0 Å². The standard InChI is InChI=1S/C15H25N5O2S.ClH/c1-19-8-5-16-9-12(19)15-17-13(22-18-15)10-23-11-14(21)20-6-3-2-4-7-20;/h12,16H,2-11H2,1H3;1H. The molecule has 2 saturated heterocycles. The minimum Gasteiger partial charge on any atom is -0.342 e. The van der Waals surface area contributed by atoms with Crippen molar-refractivity contribution in [3.05, 3.63) is 11.7 Å². The molecule has 3 heterocycles. The number of rotatable bonds is 5. The highest BCUT2D eigenvalue weighted by atomic mass is 35.5. The van der Waals surface area contributed by atoms with Gasteiger partial charge in [-0.15, -0.1) is 24.2 Å². The molecule has 1 aromatic heterocycles. The second-order valence-corrected chi connectivity index (χ2v) is 7.17. The SMILES string of the molecule is CN1CCNCC1c1noc(CSCC(=O)N2CCCCC2)n1.Cl. The van der Waals surface area contributed by atoms with Crippen LogP contribution in [0, 0.1) is 0 Å². The second-order valence-electron chi connectivity index (χ2n) is 6.18. The monoisotopic (exact) mass is 375 g/mol. The zero-order chi connectivity index (χ0) is 16.1. The summed E-state index contributed by atoms with van der Waals surface area (Å²) in [6.07, 6.45) is 3.50. The molecule has 2 aliphatic heterocycles. The smallest absolute Gasteiger partial charge is 0.236 e. The van der Waals surface area contributed by atoms with E-state index >= 15 is 0 Å². The summed E-state index contributed by atoms with van der Waals surface area (Å²) in [7, 11) is 2.08. The fraction of sp³-hybridized carbons (Fsp3) is 0.800. The Balaban J connectivity index is 0.00000208. The minimum absolute atomic E-state index is 0. The largest absolute Gasteiger partial charge is 0.342 e. The summed E-state index contributed by atoms with van der Waals surface area (Å²) in [5, 5.41) is 7.45. The third-order valence-electron chi connectivity index (χ3n) is 4.45. The second kappa shape index (κ2) is 9.60. The Morgan fingerprint density at radius 2 is 2.12 bits per heavy atom. The summed E-state index contributed by atoms with van der Waals surface area (Å²) in [4.78, 5) is 20.8. The molecule has 24 heavy (non-hydrogen) atoms. The zero-order valence-electron chi connectivity index (χ0n) is 14.1. The number of piperidine rings is 1. The van der Waals surface area contributed by atoms with Crippen LogP contribution in [0.2, 0.25) is 0 Å². The molecule has 2 aliphatic rings. The first-order valence-corrected chi connectivity index (χ1v) is 9.48. The molecular weight excluding hydrogens is 350 g/mol. The maximum Gasteiger partial charge on any atom is 0.236 e. The molecule has 1 unspecified atom stereocenters. The third-order valence-corrected chi connectivity index (χ3v) is 5.35. The average Bonchev–Trinajstić information content (AvgIpc) is 3.04. The molecular formula is C15H26ClN5O2S. The predicted octanol–water partition coefficient (Wildman–Crippen LogP) is 1.31. The number of hydrogen-bond acceptors (Lipinski definition) is 7. The van der Waals surface area contributed by atoms with E-state index in [1.807, 2.05) is 4.90 Å². The summed E-state index contributed by atoms with van der Waals surface area (Å²) in [5.41, 5.74) is 0. The number of nitrogens with zero attached hydrogens (tertiary/aromatic N) is 4. The highest BCUT2D eigenvalue weighted by molar-refractivity contribution is 7.99. The first kappa shape index (κ1) is 19.5. The van der Waals surface area contributed by atoms with Crippen molar-refractivity contribution < 1.29 is 9.32 Å². The summed E-state index contributed by atoms with van der Waals surface area (Å²) in [6, 6.07) is 0.168. The number of carbonyl (C=O) groups excluding carboxylic acids is 1. The molecule has 1 N–H and O–H groups in total. The van der Waals surface area contributed by atoms with Gasteiger partial charge in [-0.2, -0.15) is 4.98 Å². The number of halogens is 1. The highest BCUT2D eigenvalue weighted by Gasteiger charge is 2.25. The van der Waals surface area contributed by atoms with Gasteiger partial charge >= 0.3 is 0 Å². The molecule has 0 bridgehead atoms. The summed E-state index contributed by atoms with van der Waals surface area (Å²) in [6.45, 7) is 4.63. The van der Waals surface area contributed by atoms with E-state index in [-0.39, 0.29) is 24.4 Å². The lowest BCUT2D eigenvalue weighted by Gasteiger charge is -2.30. The number of nitrogens with one attached hydrogen (secondary N) is 1. The maximum atomic E-state index is 12.1. The van der Waals surface area contributed by atoms with E-state index in [0.29, 0.717) is 17.4 Å². The van der Waals surface area contributed by atoms with Gasteiger partial charge in [-0.05, 0) is 26.3 Å². The van der Waals surface area contributed by atoms with Crippen LogP contribution >= 0.6 is 24.2 Å². The minimum atomic E-state index is 0. The normalized spacial score (nSPS) is 22.2. The Labute approximate surface area is 153 Å². The van der Waals surface area contributed by atoms with Crippen LogP contribution in [0.15, 0.2) is 4.52 Å². The first-order chi connectivity index (χ1) is 11.2. The van der Waals surface area contributed by atoms with Crippen LogP contribution in [0.25, 0.3) is 0 Å². The van der Waals surface area contributed by atoms with Crippen molar-refractivity contribution in [2.75, 3.05) is 45.5 Å². The molecule has 136 valence electrons. The van der Waals surface area contributed by atoms with E-state index in [0.717, 1.165) is 51.4 Å². The van der Waals surface area contributed by atoms with Crippen LogP contribution in [0.3, 0.4) is 0 Å². The van der Waals surface area contributed by atoms with Gasteiger partial charge in [0.15, 0.2) is 5.82 Å². The van der Waals surface area contributed by atoms with E-state index in [4.69, 9.17) is 4.52 Å². The lowest BCUT2D eigenvalue weighted by molar-refractivity contribution is -0.129. The average molecular weight is 376 g/mol. The van der Waals surface area contributed by atoms with Gasteiger partial charge in [0.2, 0.25) is 11.8 Å². The van der Waals surface area contributed by atoms with Gasteiger partial charge in [-0.3, -0.25) is 9.69 Å². The van der Waals surface area contributed by atoms with Crippen molar-refractivity contribution >= 4 is 30.1 Å². The lowest BCUT2D eigenvalue weighted by atomic mass is 10.1. The highest BCUT2D eigenvalue weighted by Crippen LogP contribution is 2.19. The van der Waals surface area contributed by atoms with E-state index in [1.54, 1.807) is 11.8 Å². The molecule has 0 aliphatic carbocycles. The first-order valence-electron chi connectivity index (χ1n) is 8.33. The van der Waals surface area contributed by atoms with Gasteiger partial charge in [0.05, 0.1) is 17.5 Å². The molecule has 1 aromatic rings. The number of likely N-dealkylation sites (N-methyl/N-ethyl adjacent to an activating group) is 1. The van der Waals surface area contributed by atoms with E-state index in [9.17, 15) is 4.79 Å². The topological polar surface area (TPSA) is 74.5 Å². The number of hydrogen-bond donors (Lipinski definition) is 1. The Morgan fingerprint density at radius 1 is 1.33 bits per heavy atom. The molecule has 7 nitrogen and oxygen atoms in total.